The maximum absolute atomic E-state index is 12.2. The van der Waals surface area contributed by atoms with Crippen molar-refractivity contribution in [3.05, 3.63) is 29.8 Å². The van der Waals surface area contributed by atoms with Gasteiger partial charge >= 0.3 is 0 Å². The number of hydrogen-bond donors (Lipinski definition) is 3. The predicted molar refractivity (Wildman–Crippen MR) is 106 cm³/mol. The van der Waals surface area contributed by atoms with Crippen LogP contribution in [0.3, 0.4) is 0 Å². The SMILES string of the molecule is CCC1(CNC(=NC)NCCNC(=O)c2cccc(OC)c2)CCCC1. The quantitative estimate of drug-likeness (QED) is 0.378. The van der Waals surface area contributed by atoms with Crippen molar-refractivity contribution in [1.29, 1.82) is 0 Å². The van der Waals surface area contributed by atoms with E-state index in [9.17, 15) is 4.79 Å². The fraction of sp³-hybridized carbons (Fsp3) is 0.600. The van der Waals surface area contributed by atoms with Gasteiger partial charge in [-0.15, -0.1) is 0 Å². The second kappa shape index (κ2) is 10.0. The van der Waals surface area contributed by atoms with Crippen LogP contribution in [0.1, 0.15) is 49.4 Å². The van der Waals surface area contributed by atoms with Crippen LogP contribution in [-0.2, 0) is 0 Å². The molecule has 144 valence electrons. The van der Waals surface area contributed by atoms with Crippen LogP contribution in [0.2, 0.25) is 0 Å². The summed E-state index contributed by atoms with van der Waals surface area (Å²) in [6, 6.07) is 7.14. The summed E-state index contributed by atoms with van der Waals surface area (Å²) in [6.07, 6.45) is 6.46. The minimum atomic E-state index is -0.107. The molecule has 1 fully saturated rings. The van der Waals surface area contributed by atoms with E-state index >= 15 is 0 Å². The highest BCUT2D eigenvalue weighted by Crippen LogP contribution is 2.40. The molecule has 1 amide bonds. The Kier molecular flexibility index (Phi) is 7.75. The number of nitrogens with one attached hydrogen (secondary N) is 3. The number of methoxy groups -OCH3 is 1. The molecule has 6 nitrogen and oxygen atoms in total. The zero-order chi connectivity index (χ0) is 18.8. The van der Waals surface area contributed by atoms with Gasteiger partial charge in [-0.05, 0) is 42.9 Å². The highest BCUT2D eigenvalue weighted by atomic mass is 16.5. The number of rotatable bonds is 8. The average molecular weight is 361 g/mol. The number of guanidine groups is 1. The number of aliphatic imine (C=N–C) groups is 1. The molecule has 0 atom stereocenters. The number of nitrogens with zero attached hydrogens (tertiary/aromatic N) is 1. The van der Waals surface area contributed by atoms with Gasteiger partial charge in [-0.25, -0.2) is 0 Å². The Morgan fingerprint density at radius 1 is 1.19 bits per heavy atom. The van der Waals surface area contributed by atoms with Crippen LogP contribution in [0.4, 0.5) is 0 Å². The first-order valence-electron chi connectivity index (χ1n) is 9.49. The van der Waals surface area contributed by atoms with Crippen LogP contribution in [-0.4, -0.2) is 45.7 Å². The Bertz CT molecular complexity index is 610. The Hall–Kier alpha value is -2.24. The lowest BCUT2D eigenvalue weighted by molar-refractivity contribution is 0.0954. The number of carbonyl (C=O) groups is 1. The summed E-state index contributed by atoms with van der Waals surface area (Å²) in [7, 11) is 3.37. The molecule has 1 aromatic rings. The van der Waals surface area contributed by atoms with E-state index in [0.29, 0.717) is 29.8 Å². The molecule has 3 N–H and O–H groups in total. The van der Waals surface area contributed by atoms with Gasteiger partial charge < -0.3 is 20.7 Å². The van der Waals surface area contributed by atoms with Crippen molar-refractivity contribution in [2.75, 3.05) is 33.8 Å². The molecule has 1 aliphatic rings. The third kappa shape index (κ3) is 5.64. The molecule has 0 heterocycles. The molecule has 1 aliphatic carbocycles. The molecule has 26 heavy (non-hydrogen) atoms. The van der Waals surface area contributed by atoms with E-state index < -0.39 is 0 Å². The minimum absolute atomic E-state index is 0.107. The molecule has 0 saturated heterocycles. The Labute approximate surface area is 156 Å². The third-order valence-electron chi connectivity index (χ3n) is 5.30. The smallest absolute Gasteiger partial charge is 0.251 e. The molecule has 0 bridgehead atoms. The Morgan fingerprint density at radius 2 is 1.92 bits per heavy atom. The topological polar surface area (TPSA) is 74.8 Å². The van der Waals surface area contributed by atoms with Crippen LogP contribution < -0.4 is 20.7 Å². The number of ether oxygens (including phenoxy) is 1. The van der Waals surface area contributed by atoms with Crippen LogP contribution in [0.5, 0.6) is 5.75 Å². The summed E-state index contributed by atoms with van der Waals surface area (Å²) in [6.45, 7) is 4.38. The van der Waals surface area contributed by atoms with Gasteiger partial charge in [-0.3, -0.25) is 9.79 Å². The van der Waals surface area contributed by atoms with Gasteiger partial charge in [0.05, 0.1) is 7.11 Å². The van der Waals surface area contributed by atoms with Crippen LogP contribution >= 0.6 is 0 Å². The molecule has 0 spiro atoms. The summed E-state index contributed by atoms with van der Waals surface area (Å²) < 4.78 is 5.15. The number of benzene rings is 1. The highest BCUT2D eigenvalue weighted by Gasteiger charge is 2.31. The fourth-order valence-corrected chi connectivity index (χ4v) is 3.50. The van der Waals surface area contributed by atoms with Gasteiger partial charge in [0.1, 0.15) is 5.75 Å². The molecule has 1 aromatic carbocycles. The average Bonchev–Trinajstić information content (AvgIpc) is 3.16. The van der Waals surface area contributed by atoms with Crippen molar-refractivity contribution in [3.63, 3.8) is 0 Å². The minimum Gasteiger partial charge on any atom is -0.497 e. The van der Waals surface area contributed by atoms with E-state index in [4.69, 9.17) is 4.74 Å². The standard InChI is InChI=1S/C20H32N4O2/c1-4-20(10-5-6-11-20)15-24-19(21-2)23-13-12-22-18(25)16-8-7-9-17(14-16)26-3/h7-9,14H,4-6,10-13,15H2,1-3H3,(H,22,25)(H2,21,23,24). The maximum Gasteiger partial charge on any atom is 0.251 e. The first-order chi connectivity index (χ1) is 12.6. The summed E-state index contributed by atoms with van der Waals surface area (Å²) >= 11 is 0. The second-order valence-corrected chi connectivity index (χ2v) is 6.90. The highest BCUT2D eigenvalue weighted by molar-refractivity contribution is 5.94. The van der Waals surface area contributed by atoms with Gasteiger partial charge in [-0.2, -0.15) is 0 Å². The molecular weight excluding hydrogens is 328 g/mol. The van der Waals surface area contributed by atoms with Crippen LogP contribution in [0.15, 0.2) is 29.3 Å². The Morgan fingerprint density at radius 3 is 2.58 bits per heavy atom. The van der Waals surface area contributed by atoms with Crippen molar-refractivity contribution in [3.8, 4) is 5.75 Å². The van der Waals surface area contributed by atoms with E-state index in [1.807, 2.05) is 12.1 Å². The van der Waals surface area contributed by atoms with Gasteiger partial charge in [0.15, 0.2) is 5.96 Å². The first kappa shape index (κ1) is 20.1. The maximum atomic E-state index is 12.2. The zero-order valence-corrected chi connectivity index (χ0v) is 16.2. The molecule has 6 heteroatoms. The third-order valence-corrected chi connectivity index (χ3v) is 5.30. The van der Waals surface area contributed by atoms with Crippen molar-refractivity contribution < 1.29 is 9.53 Å². The lowest BCUT2D eigenvalue weighted by Gasteiger charge is -2.28. The number of amides is 1. The van der Waals surface area contributed by atoms with E-state index in [2.05, 4.69) is 27.9 Å². The molecule has 1 saturated carbocycles. The van der Waals surface area contributed by atoms with E-state index in [-0.39, 0.29) is 5.91 Å². The first-order valence-corrected chi connectivity index (χ1v) is 9.49. The van der Waals surface area contributed by atoms with Crippen molar-refractivity contribution >= 4 is 11.9 Å². The number of carbonyl (C=O) groups excluding carboxylic acids is 1. The zero-order valence-electron chi connectivity index (χ0n) is 16.2. The Balaban J connectivity index is 1.71. The largest absolute Gasteiger partial charge is 0.497 e. The van der Waals surface area contributed by atoms with Crippen molar-refractivity contribution in [2.45, 2.75) is 39.0 Å². The van der Waals surface area contributed by atoms with Gasteiger partial charge in [0, 0.05) is 32.2 Å². The van der Waals surface area contributed by atoms with E-state index in [1.165, 1.54) is 32.1 Å². The number of hydrogen-bond acceptors (Lipinski definition) is 3. The van der Waals surface area contributed by atoms with E-state index in [0.717, 1.165) is 12.5 Å². The summed E-state index contributed by atoms with van der Waals surface area (Å²) in [5.41, 5.74) is 1.01. The van der Waals surface area contributed by atoms with Gasteiger partial charge in [-0.1, -0.05) is 25.8 Å². The van der Waals surface area contributed by atoms with Gasteiger partial charge in [0.2, 0.25) is 0 Å². The normalized spacial score (nSPS) is 16.2. The molecular formula is C20H32N4O2. The molecule has 0 unspecified atom stereocenters. The lowest BCUT2D eigenvalue weighted by atomic mass is 9.83. The van der Waals surface area contributed by atoms with Crippen molar-refractivity contribution in [2.24, 2.45) is 10.4 Å². The van der Waals surface area contributed by atoms with Crippen molar-refractivity contribution in [1.82, 2.24) is 16.0 Å². The molecule has 2 rings (SSSR count). The molecule has 0 radical (unpaired) electrons. The van der Waals surface area contributed by atoms with Crippen LogP contribution in [0, 0.1) is 5.41 Å². The van der Waals surface area contributed by atoms with Crippen LogP contribution in [0.25, 0.3) is 0 Å². The summed E-state index contributed by atoms with van der Waals surface area (Å²) in [5.74, 6) is 1.36. The second-order valence-electron chi connectivity index (χ2n) is 6.90. The summed E-state index contributed by atoms with van der Waals surface area (Å²) in [5, 5.41) is 9.62. The predicted octanol–water partition coefficient (Wildman–Crippen LogP) is 2.56. The fourth-order valence-electron chi connectivity index (χ4n) is 3.50. The lowest BCUT2D eigenvalue weighted by Crippen LogP contribution is -2.45. The summed E-state index contributed by atoms with van der Waals surface area (Å²) in [4.78, 5) is 16.4. The monoisotopic (exact) mass is 360 g/mol. The molecule has 0 aliphatic heterocycles. The van der Waals surface area contributed by atoms with E-state index in [1.54, 1.807) is 26.3 Å². The molecule has 0 aromatic heterocycles. The van der Waals surface area contributed by atoms with Gasteiger partial charge in [0.25, 0.3) is 5.91 Å².